The number of rotatable bonds is 6. The van der Waals surface area contributed by atoms with Crippen LogP contribution in [0.4, 0.5) is 4.39 Å². The number of nitrogens with zero attached hydrogens (tertiary/aromatic N) is 2. The summed E-state index contributed by atoms with van der Waals surface area (Å²) in [5.74, 6) is -2.78. The highest BCUT2D eigenvalue weighted by Gasteiger charge is 2.54. The van der Waals surface area contributed by atoms with Crippen LogP contribution in [0.5, 0.6) is 17.2 Å². The minimum Gasteiger partial charge on any atom is -0.462 e. The van der Waals surface area contributed by atoms with E-state index in [-0.39, 0.29) is 38.1 Å². The van der Waals surface area contributed by atoms with E-state index in [0.29, 0.717) is 10.8 Å². The molecule has 0 heterocycles. The number of allylic oxidation sites excluding steroid dienone is 1. The van der Waals surface area contributed by atoms with Gasteiger partial charge < -0.3 is 14.2 Å². The van der Waals surface area contributed by atoms with Crippen molar-refractivity contribution < 1.29 is 18.6 Å². The Morgan fingerprint density at radius 2 is 1.42 bits per heavy atom. The van der Waals surface area contributed by atoms with Gasteiger partial charge in [-0.25, -0.2) is 4.39 Å². The van der Waals surface area contributed by atoms with Crippen molar-refractivity contribution in [2.45, 2.75) is 19.4 Å². The molecule has 0 bridgehead atoms. The highest BCUT2D eigenvalue weighted by atomic mass is 35.5. The molecule has 0 N–H and O–H groups in total. The van der Waals surface area contributed by atoms with Gasteiger partial charge in [-0.05, 0) is 49.2 Å². The Balaban J connectivity index is 1.92. The normalized spacial score (nSPS) is 18.8. The minimum atomic E-state index is -2.49. The van der Waals surface area contributed by atoms with Gasteiger partial charge in [0.2, 0.25) is 0 Å². The summed E-state index contributed by atoms with van der Waals surface area (Å²) < 4.78 is 33.9. The fraction of sp³-hybridized carbons (Fsp3) is 0.143. The van der Waals surface area contributed by atoms with Crippen LogP contribution < -0.4 is 14.2 Å². The molecule has 0 saturated heterocycles. The zero-order valence-corrected chi connectivity index (χ0v) is 22.9. The summed E-state index contributed by atoms with van der Waals surface area (Å²) >= 11 is 24.7. The van der Waals surface area contributed by atoms with Gasteiger partial charge in [0.1, 0.15) is 23.3 Å². The number of benzene rings is 3. The lowest BCUT2D eigenvalue weighted by Crippen LogP contribution is -2.47. The van der Waals surface area contributed by atoms with E-state index in [4.69, 9.17) is 60.6 Å². The molecular weight excluding hydrogens is 573 g/mol. The van der Waals surface area contributed by atoms with Crippen molar-refractivity contribution in [3.63, 3.8) is 0 Å². The Morgan fingerprint density at radius 3 is 2.00 bits per heavy atom. The third-order valence-electron chi connectivity index (χ3n) is 5.72. The zero-order chi connectivity index (χ0) is 27.6. The van der Waals surface area contributed by atoms with E-state index in [1.54, 1.807) is 38.1 Å². The highest BCUT2D eigenvalue weighted by Crippen LogP contribution is 2.45. The van der Waals surface area contributed by atoms with Gasteiger partial charge >= 0.3 is 0 Å². The number of halogens is 5. The first-order valence-corrected chi connectivity index (χ1v) is 12.5. The van der Waals surface area contributed by atoms with Gasteiger partial charge in [0.25, 0.3) is 5.60 Å². The number of hydrogen-bond acceptors (Lipinski definition) is 5. The molecule has 0 amide bonds. The fourth-order valence-corrected chi connectivity index (χ4v) is 4.45. The lowest BCUT2D eigenvalue weighted by Gasteiger charge is -2.35. The van der Waals surface area contributed by atoms with Crippen LogP contribution in [0.15, 0.2) is 78.0 Å². The molecule has 5 nitrogen and oxygen atoms in total. The Kier molecular flexibility index (Phi) is 8.11. The molecule has 3 aromatic rings. The smallest absolute Gasteiger partial charge is 0.268 e. The maximum Gasteiger partial charge on any atom is 0.268 e. The second kappa shape index (κ2) is 11.2. The van der Waals surface area contributed by atoms with Gasteiger partial charge in [-0.15, -0.1) is 0 Å². The van der Waals surface area contributed by atoms with Crippen molar-refractivity contribution in [2.75, 3.05) is 0 Å². The van der Waals surface area contributed by atoms with Crippen molar-refractivity contribution in [3.05, 3.63) is 109 Å². The van der Waals surface area contributed by atoms with Gasteiger partial charge in [-0.3, -0.25) is 0 Å². The predicted octanol–water partition coefficient (Wildman–Crippen LogP) is 8.93. The summed E-state index contributed by atoms with van der Waals surface area (Å²) in [6.45, 7) is 3.61. The van der Waals surface area contributed by atoms with E-state index < -0.39 is 17.3 Å². The molecular formula is C28H17Cl4FN2O3. The molecule has 10 heteroatoms. The summed E-state index contributed by atoms with van der Waals surface area (Å²) in [6, 6.07) is 17.9. The molecule has 0 spiro atoms. The third kappa shape index (κ3) is 5.27. The van der Waals surface area contributed by atoms with E-state index in [2.05, 4.69) is 0 Å². The van der Waals surface area contributed by atoms with Gasteiger partial charge in [-0.2, -0.15) is 10.5 Å². The molecule has 2 atom stereocenters. The summed E-state index contributed by atoms with van der Waals surface area (Å²) in [5, 5.41) is 21.3. The van der Waals surface area contributed by atoms with Crippen LogP contribution in [0, 0.1) is 42.4 Å². The summed E-state index contributed by atoms with van der Waals surface area (Å²) in [5.41, 5.74) is -1.03. The van der Waals surface area contributed by atoms with E-state index >= 15 is 4.39 Å². The first kappa shape index (κ1) is 27.6. The third-order valence-corrected chi connectivity index (χ3v) is 6.81. The monoisotopic (exact) mass is 588 g/mol. The molecule has 192 valence electrons. The Hall–Kier alpha value is -3.39. The standard InChI is InChI=1S/C28H17Cl4FN2O3/c1-15-4-3-5-16(2)26(15)37-27-19(13-34)28(14-35,38-23-11-18(30)7-9-21(23)32)25(33)12-24(27)36-22-10-17(29)6-8-20(22)31/h3-12,19H,1-2H3. The number of nitriles is 2. The topological polar surface area (TPSA) is 75.3 Å². The Labute approximate surface area is 238 Å². The number of aryl methyl sites for hydroxylation is 2. The van der Waals surface area contributed by atoms with E-state index in [1.807, 2.05) is 12.1 Å². The number of ether oxygens (including phenoxy) is 3. The van der Waals surface area contributed by atoms with Gasteiger partial charge in [-0.1, -0.05) is 64.6 Å². The molecule has 0 aromatic heterocycles. The number of hydrogen-bond donors (Lipinski definition) is 0. The van der Waals surface area contributed by atoms with Crippen LogP contribution in [-0.2, 0) is 0 Å². The molecule has 1 aliphatic carbocycles. The summed E-state index contributed by atoms with van der Waals surface area (Å²) in [7, 11) is 0. The average Bonchev–Trinajstić information content (AvgIpc) is 2.88. The van der Waals surface area contributed by atoms with Crippen LogP contribution in [0.3, 0.4) is 0 Å². The van der Waals surface area contributed by atoms with Gasteiger partial charge in [0, 0.05) is 28.3 Å². The highest BCUT2D eigenvalue weighted by molar-refractivity contribution is 6.34. The summed E-state index contributed by atoms with van der Waals surface area (Å²) in [6.07, 6.45) is 0.912. The van der Waals surface area contributed by atoms with E-state index in [9.17, 15) is 10.5 Å². The van der Waals surface area contributed by atoms with Crippen LogP contribution >= 0.6 is 46.4 Å². The van der Waals surface area contributed by atoms with Crippen molar-refractivity contribution in [1.82, 2.24) is 0 Å². The summed E-state index contributed by atoms with van der Waals surface area (Å²) in [4.78, 5) is 0. The lowest BCUT2D eigenvalue weighted by molar-refractivity contribution is 0.0869. The van der Waals surface area contributed by atoms with Crippen LogP contribution in [-0.4, -0.2) is 5.60 Å². The maximum atomic E-state index is 15.9. The molecule has 4 rings (SSSR count). The zero-order valence-electron chi connectivity index (χ0n) is 19.9. The van der Waals surface area contributed by atoms with Crippen molar-refractivity contribution in [3.8, 4) is 29.4 Å². The van der Waals surface area contributed by atoms with Crippen LogP contribution in [0.2, 0.25) is 20.1 Å². The van der Waals surface area contributed by atoms with Crippen molar-refractivity contribution in [1.29, 1.82) is 10.5 Å². The molecule has 1 aliphatic rings. The van der Waals surface area contributed by atoms with Gasteiger partial charge in [0.05, 0.1) is 16.1 Å². The van der Waals surface area contributed by atoms with E-state index in [0.717, 1.165) is 17.2 Å². The molecule has 2 unspecified atom stereocenters. The minimum absolute atomic E-state index is 0.0578. The Morgan fingerprint density at radius 1 is 0.842 bits per heavy atom. The second-order valence-electron chi connectivity index (χ2n) is 8.31. The SMILES string of the molecule is Cc1cccc(C)c1OC1=C(Oc2cc(Cl)ccc2Cl)C=C(F)C(C#N)(Oc2cc(Cl)ccc2Cl)C1C#N. The predicted molar refractivity (Wildman–Crippen MR) is 144 cm³/mol. The molecule has 0 fully saturated rings. The maximum absolute atomic E-state index is 15.9. The first-order chi connectivity index (χ1) is 18.1. The Bertz CT molecular complexity index is 1550. The molecule has 38 heavy (non-hydrogen) atoms. The average molecular weight is 590 g/mol. The first-order valence-electron chi connectivity index (χ1n) is 11.0. The largest absolute Gasteiger partial charge is 0.462 e. The molecule has 3 aromatic carbocycles. The second-order valence-corrected chi connectivity index (χ2v) is 9.99. The molecule has 0 saturated carbocycles. The molecule has 0 radical (unpaired) electrons. The quantitative estimate of drug-likeness (QED) is 0.287. The van der Waals surface area contributed by atoms with Gasteiger partial charge in [0.15, 0.2) is 23.3 Å². The van der Waals surface area contributed by atoms with Crippen LogP contribution in [0.1, 0.15) is 11.1 Å². The van der Waals surface area contributed by atoms with Crippen LogP contribution in [0.25, 0.3) is 0 Å². The van der Waals surface area contributed by atoms with Crippen molar-refractivity contribution in [2.24, 2.45) is 5.92 Å². The lowest BCUT2D eigenvalue weighted by atomic mass is 9.82. The molecule has 0 aliphatic heterocycles. The number of para-hydroxylation sites is 1. The fourth-order valence-electron chi connectivity index (χ4n) is 3.82. The van der Waals surface area contributed by atoms with E-state index in [1.165, 1.54) is 30.3 Å². The van der Waals surface area contributed by atoms with Crippen molar-refractivity contribution >= 4 is 46.4 Å².